The monoisotopic (exact) mass is 409 g/mol. The number of aryl methyl sites for hydroxylation is 1. The number of hydrogen-bond donors (Lipinski definition) is 3. The lowest BCUT2D eigenvalue weighted by atomic mass is 10.2. The summed E-state index contributed by atoms with van der Waals surface area (Å²) in [4.78, 5) is 21.1. The maximum atomic E-state index is 13.0. The SMILES string of the molecule is CCNc1cc(C)nc(NCCNC(=O)c2cccc(Oc3ccc(F)cc3)c2)n1. The molecule has 8 heteroatoms. The van der Waals surface area contributed by atoms with Gasteiger partial charge in [0.15, 0.2) is 0 Å². The van der Waals surface area contributed by atoms with Crippen LogP contribution in [0.25, 0.3) is 0 Å². The van der Waals surface area contributed by atoms with Crippen molar-refractivity contribution in [2.24, 2.45) is 0 Å². The van der Waals surface area contributed by atoms with Crippen molar-refractivity contribution in [1.82, 2.24) is 15.3 Å². The molecule has 0 saturated heterocycles. The Morgan fingerprint density at radius 3 is 2.57 bits per heavy atom. The zero-order valence-corrected chi connectivity index (χ0v) is 16.9. The van der Waals surface area contributed by atoms with Crippen LogP contribution in [0.15, 0.2) is 54.6 Å². The maximum Gasteiger partial charge on any atom is 0.251 e. The number of nitrogens with one attached hydrogen (secondary N) is 3. The number of carbonyl (C=O) groups excluding carboxylic acids is 1. The molecule has 0 radical (unpaired) electrons. The zero-order chi connectivity index (χ0) is 21.3. The molecule has 30 heavy (non-hydrogen) atoms. The second-order valence-electron chi connectivity index (χ2n) is 6.51. The standard InChI is InChI=1S/C22H24FN5O2/c1-3-24-20-13-15(2)27-22(28-20)26-12-11-25-21(29)16-5-4-6-19(14-16)30-18-9-7-17(23)8-10-18/h4-10,13-14H,3,11-12H2,1-2H3,(H,25,29)(H2,24,26,27,28). The van der Waals surface area contributed by atoms with Crippen LogP contribution in [-0.4, -0.2) is 35.5 Å². The van der Waals surface area contributed by atoms with Gasteiger partial charge in [0.25, 0.3) is 5.91 Å². The first kappa shape index (κ1) is 21.0. The molecule has 0 bridgehead atoms. The molecule has 1 aromatic heterocycles. The summed E-state index contributed by atoms with van der Waals surface area (Å²) >= 11 is 0. The molecule has 2 aromatic carbocycles. The molecule has 0 aliphatic heterocycles. The molecule has 1 heterocycles. The molecular formula is C22H24FN5O2. The first-order chi connectivity index (χ1) is 14.5. The molecule has 0 unspecified atom stereocenters. The average molecular weight is 409 g/mol. The fourth-order valence-electron chi connectivity index (χ4n) is 2.71. The number of halogens is 1. The number of aromatic nitrogens is 2. The highest BCUT2D eigenvalue weighted by Gasteiger charge is 2.07. The van der Waals surface area contributed by atoms with E-state index in [9.17, 15) is 9.18 Å². The highest BCUT2D eigenvalue weighted by atomic mass is 19.1. The molecule has 3 aromatic rings. The predicted octanol–water partition coefficient (Wildman–Crippen LogP) is 3.99. The van der Waals surface area contributed by atoms with Gasteiger partial charge in [-0.15, -0.1) is 0 Å². The van der Waals surface area contributed by atoms with E-state index in [1.807, 2.05) is 19.9 Å². The summed E-state index contributed by atoms with van der Waals surface area (Å²) in [7, 11) is 0. The van der Waals surface area contributed by atoms with E-state index in [1.54, 1.807) is 24.3 Å². The van der Waals surface area contributed by atoms with Gasteiger partial charge in [0, 0.05) is 37.0 Å². The first-order valence-corrected chi connectivity index (χ1v) is 9.68. The summed E-state index contributed by atoms with van der Waals surface area (Å²) in [6.07, 6.45) is 0. The quantitative estimate of drug-likeness (QED) is 0.463. The van der Waals surface area contributed by atoms with Gasteiger partial charge in [-0.25, -0.2) is 9.37 Å². The molecule has 156 valence electrons. The summed E-state index contributed by atoms with van der Waals surface area (Å²) in [6.45, 7) is 5.55. The molecule has 0 saturated carbocycles. The van der Waals surface area contributed by atoms with E-state index in [0.717, 1.165) is 18.1 Å². The molecule has 0 spiro atoms. The summed E-state index contributed by atoms with van der Waals surface area (Å²) in [5.41, 5.74) is 1.32. The van der Waals surface area contributed by atoms with E-state index in [2.05, 4.69) is 25.9 Å². The van der Waals surface area contributed by atoms with Gasteiger partial charge >= 0.3 is 0 Å². The van der Waals surface area contributed by atoms with Crippen molar-refractivity contribution in [3.8, 4) is 11.5 Å². The van der Waals surface area contributed by atoms with Crippen LogP contribution in [0.4, 0.5) is 16.2 Å². The number of amides is 1. The van der Waals surface area contributed by atoms with E-state index in [0.29, 0.717) is 36.1 Å². The van der Waals surface area contributed by atoms with Crippen LogP contribution in [0, 0.1) is 12.7 Å². The van der Waals surface area contributed by atoms with Gasteiger partial charge in [-0.05, 0) is 56.3 Å². The summed E-state index contributed by atoms with van der Waals surface area (Å²) < 4.78 is 18.7. The maximum absolute atomic E-state index is 13.0. The first-order valence-electron chi connectivity index (χ1n) is 9.68. The molecule has 0 aliphatic carbocycles. The number of benzene rings is 2. The number of anilines is 2. The van der Waals surface area contributed by atoms with Crippen LogP contribution in [0.2, 0.25) is 0 Å². The second kappa shape index (κ2) is 10.2. The lowest BCUT2D eigenvalue weighted by Crippen LogP contribution is -2.29. The summed E-state index contributed by atoms with van der Waals surface area (Å²) in [6, 6.07) is 14.4. The van der Waals surface area contributed by atoms with Gasteiger partial charge in [-0.1, -0.05) is 6.07 Å². The van der Waals surface area contributed by atoms with Crippen molar-refractivity contribution in [2.75, 3.05) is 30.3 Å². The van der Waals surface area contributed by atoms with Gasteiger partial charge in [0.2, 0.25) is 5.95 Å². The van der Waals surface area contributed by atoms with E-state index in [4.69, 9.17) is 4.74 Å². The topological polar surface area (TPSA) is 88.2 Å². The minimum absolute atomic E-state index is 0.222. The second-order valence-corrected chi connectivity index (χ2v) is 6.51. The molecule has 0 aliphatic rings. The minimum Gasteiger partial charge on any atom is -0.457 e. The van der Waals surface area contributed by atoms with Crippen LogP contribution < -0.4 is 20.7 Å². The van der Waals surface area contributed by atoms with Crippen molar-refractivity contribution in [3.63, 3.8) is 0 Å². The van der Waals surface area contributed by atoms with Crippen LogP contribution in [0.3, 0.4) is 0 Å². The Morgan fingerprint density at radius 2 is 1.80 bits per heavy atom. The number of hydrogen-bond acceptors (Lipinski definition) is 6. The lowest BCUT2D eigenvalue weighted by molar-refractivity contribution is 0.0955. The predicted molar refractivity (Wildman–Crippen MR) is 115 cm³/mol. The van der Waals surface area contributed by atoms with E-state index < -0.39 is 0 Å². The minimum atomic E-state index is -0.335. The van der Waals surface area contributed by atoms with Crippen molar-refractivity contribution in [3.05, 3.63) is 71.7 Å². The smallest absolute Gasteiger partial charge is 0.251 e. The van der Waals surface area contributed by atoms with Gasteiger partial charge in [-0.2, -0.15) is 4.98 Å². The highest BCUT2D eigenvalue weighted by Crippen LogP contribution is 2.22. The Labute approximate surface area is 174 Å². The fourth-order valence-corrected chi connectivity index (χ4v) is 2.71. The summed E-state index contributed by atoms with van der Waals surface area (Å²) in [5, 5.41) is 9.10. The van der Waals surface area contributed by atoms with Crippen LogP contribution in [-0.2, 0) is 0 Å². The number of carbonyl (C=O) groups is 1. The molecule has 3 N–H and O–H groups in total. The largest absolute Gasteiger partial charge is 0.457 e. The van der Waals surface area contributed by atoms with Gasteiger partial charge < -0.3 is 20.7 Å². The van der Waals surface area contributed by atoms with Gasteiger partial charge in [0.1, 0.15) is 23.1 Å². The van der Waals surface area contributed by atoms with E-state index in [1.165, 1.54) is 24.3 Å². The fraction of sp³-hybridized carbons (Fsp3) is 0.227. The Bertz CT molecular complexity index is 995. The van der Waals surface area contributed by atoms with Crippen molar-refractivity contribution in [1.29, 1.82) is 0 Å². The molecule has 0 fully saturated rings. The Kier molecular flexibility index (Phi) is 7.15. The van der Waals surface area contributed by atoms with Crippen LogP contribution in [0.1, 0.15) is 23.0 Å². The highest BCUT2D eigenvalue weighted by molar-refractivity contribution is 5.94. The van der Waals surface area contributed by atoms with E-state index in [-0.39, 0.29) is 11.7 Å². The Morgan fingerprint density at radius 1 is 1.00 bits per heavy atom. The normalized spacial score (nSPS) is 10.4. The third-order valence-corrected chi connectivity index (χ3v) is 4.05. The number of nitrogens with zero attached hydrogens (tertiary/aromatic N) is 2. The number of ether oxygens (including phenoxy) is 1. The molecule has 7 nitrogen and oxygen atoms in total. The molecule has 1 amide bonds. The van der Waals surface area contributed by atoms with Gasteiger partial charge in [0.05, 0.1) is 0 Å². The van der Waals surface area contributed by atoms with Crippen molar-refractivity contribution in [2.45, 2.75) is 13.8 Å². The molecule has 0 atom stereocenters. The molecule has 3 rings (SSSR count). The van der Waals surface area contributed by atoms with Gasteiger partial charge in [-0.3, -0.25) is 4.79 Å². The third kappa shape index (κ3) is 6.16. The lowest BCUT2D eigenvalue weighted by Gasteiger charge is -2.10. The third-order valence-electron chi connectivity index (χ3n) is 4.05. The Balaban J connectivity index is 1.51. The van der Waals surface area contributed by atoms with Crippen molar-refractivity contribution >= 4 is 17.7 Å². The van der Waals surface area contributed by atoms with E-state index >= 15 is 0 Å². The average Bonchev–Trinajstić information content (AvgIpc) is 2.73. The van der Waals surface area contributed by atoms with Crippen LogP contribution >= 0.6 is 0 Å². The zero-order valence-electron chi connectivity index (χ0n) is 16.9. The summed E-state index contributed by atoms with van der Waals surface area (Å²) in [5.74, 6) is 1.70. The number of rotatable bonds is 9. The van der Waals surface area contributed by atoms with Crippen LogP contribution in [0.5, 0.6) is 11.5 Å². The molecular weight excluding hydrogens is 385 g/mol. The Hall–Kier alpha value is -3.68. The van der Waals surface area contributed by atoms with Crippen molar-refractivity contribution < 1.29 is 13.9 Å².